The highest BCUT2D eigenvalue weighted by Crippen LogP contribution is 2.25. The lowest BCUT2D eigenvalue weighted by molar-refractivity contribution is -0.274. The molecule has 0 fully saturated rings. The molecule has 1 atom stereocenters. The lowest BCUT2D eigenvalue weighted by Gasteiger charge is -2.09. The molecule has 88 valence electrons. The maximum atomic E-state index is 11.8. The first-order valence-electron chi connectivity index (χ1n) is 4.28. The largest absolute Gasteiger partial charge is 0.573 e. The smallest absolute Gasteiger partial charge is 0.406 e. The van der Waals surface area contributed by atoms with Gasteiger partial charge in [-0.2, -0.15) is 10.3 Å². The van der Waals surface area contributed by atoms with Gasteiger partial charge in [-0.15, -0.1) is 13.2 Å². The van der Waals surface area contributed by atoms with Crippen LogP contribution >= 0.6 is 0 Å². The van der Waals surface area contributed by atoms with Crippen molar-refractivity contribution in [1.82, 2.24) is 0 Å². The molecule has 0 saturated heterocycles. The number of halogens is 3. The van der Waals surface area contributed by atoms with Crippen LogP contribution in [0.3, 0.4) is 0 Å². The highest BCUT2D eigenvalue weighted by molar-refractivity contribution is 5.39. The summed E-state index contributed by atoms with van der Waals surface area (Å²) >= 11 is 0. The standard InChI is InChI=1S/C10H5F3N2O2/c11-10(12,13)17-8-3-1-7(2-4-8)9(5-14)15-6-16/h1-4,9H. The zero-order valence-electron chi connectivity index (χ0n) is 8.23. The summed E-state index contributed by atoms with van der Waals surface area (Å²) in [6.45, 7) is 0. The van der Waals surface area contributed by atoms with Crippen LogP contribution in [0.2, 0.25) is 0 Å². The van der Waals surface area contributed by atoms with Gasteiger partial charge in [0.1, 0.15) is 5.75 Å². The maximum absolute atomic E-state index is 11.8. The van der Waals surface area contributed by atoms with E-state index in [1.165, 1.54) is 18.2 Å². The molecule has 0 aliphatic carbocycles. The molecule has 1 unspecified atom stereocenters. The molecule has 0 N–H and O–H groups in total. The number of nitrogens with zero attached hydrogens (tertiary/aromatic N) is 2. The Labute approximate surface area is 94.0 Å². The van der Waals surface area contributed by atoms with Crippen molar-refractivity contribution in [3.05, 3.63) is 29.8 Å². The average Bonchev–Trinajstić information content (AvgIpc) is 2.25. The molecule has 7 heteroatoms. The molecule has 1 aromatic rings. The van der Waals surface area contributed by atoms with Crippen LogP contribution in [-0.2, 0) is 4.79 Å². The Hall–Kier alpha value is -2.32. The van der Waals surface area contributed by atoms with E-state index in [1.54, 1.807) is 6.07 Å². The van der Waals surface area contributed by atoms with Crippen LogP contribution < -0.4 is 4.74 Å². The Kier molecular flexibility index (Phi) is 3.86. The Morgan fingerprint density at radius 1 is 1.29 bits per heavy atom. The van der Waals surface area contributed by atoms with E-state index in [0.29, 0.717) is 0 Å². The quantitative estimate of drug-likeness (QED) is 0.604. The Morgan fingerprint density at radius 3 is 2.29 bits per heavy atom. The number of ether oxygens (including phenoxy) is 1. The van der Waals surface area contributed by atoms with E-state index in [2.05, 4.69) is 9.73 Å². The van der Waals surface area contributed by atoms with Crippen molar-refractivity contribution in [2.45, 2.75) is 12.4 Å². The fourth-order valence-corrected chi connectivity index (χ4v) is 1.08. The van der Waals surface area contributed by atoms with Crippen LogP contribution in [0.25, 0.3) is 0 Å². The molecule has 17 heavy (non-hydrogen) atoms. The van der Waals surface area contributed by atoms with Crippen LogP contribution in [0.15, 0.2) is 29.3 Å². The van der Waals surface area contributed by atoms with Crippen molar-refractivity contribution >= 4 is 6.08 Å². The number of aliphatic imine (C=N–C) groups is 1. The van der Waals surface area contributed by atoms with Gasteiger partial charge in [-0.25, -0.2) is 4.79 Å². The topological polar surface area (TPSA) is 62.5 Å². The van der Waals surface area contributed by atoms with Crippen molar-refractivity contribution < 1.29 is 22.7 Å². The highest BCUT2D eigenvalue weighted by atomic mass is 19.4. The SMILES string of the molecule is N#CC(N=C=O)c1ccc(OC(F)(F)F)cc1. The number of rotatable bonds is 3. The number of alkyl halides is 3. The summed E-state index contributed by atoms with van der Waals surface area (Å²) in [6, 6.07) is 5.12. The van der Waals surface area contributed by atoms with E-state index in [4.69, 9.17) is 5.26 Å². The van der Waals surface area contributed by atoms with Gasteiger partial charge in [0.05, 0.1) is 6.07 Å². The van der Waals surface area contributed by atoms with E-state index in [1.807, 2.05) is 0 Å². The summed E-state index contributed by atoms with van der Waals surface area (Å²) in [5.74, 6) is -0.409. The first kappa shape index (κ1) is 12.7. The Bertz CT molecular complexity index is 470. The zero-order valence-corrected chi connectivity index (χ0v) is 8.23. The second-order valence-electron chi connectivity index (χ2n) is 2.87. The maximum Gasteiger partial charge on any atom is 0.573 e. The molecule has 0 bridgehead atoms. The lowest BCUT2D eigenvalue weighted by atomic mass is 10.1. The van der Waals surface area contributed by atoms with Gasteiger partial charge in [0.25, 0.3) is 0 Å². The third kappa shape index (κ3) is 3.97. The van der Waals surface area contributed by atoms with Gasteiger partial charge in [0, 0.05) is 0 Å². The number of isocyanates is 1. The number of nitriles is 1. The van der Waals surface area contributed by atoms with Crippen LogP contribution in [0.4, 0.5) is 13.2 Å². The molecule has 0 radical (unpaired) electrons. The molecule has 0 aliphatic heterocycles. The van der Waals surface area contributed by atoms with E-state index < -0.39 is 18.2 Å². The molecule has 0 spiro atoms. The number of hydrogen-bond acceptors (Lipinski definition) is 4. The summed E-state index contributed by atoms with van der Waals surface area (Å²) in [5.41, 5.74) is 0.283. The Balaban J connectivity index is 2.88. The summed E-state index contributed by atoms with van der Waals surface area (Å²) in [5, 5.41) is 8.63. The van der Waals surface area contributed by atoms with Crippen LogP contribution in [-0.4, -0.2) is 12.4 Å². The van der Waals surface area contributed by atoms with Gasteiger partial charge in [0.15, 0.2) is 6.04 Å². The molecule has 0 amide bonds. The molecular formula is C10H5F3N2O2. The zero-order chi connectivity index (χ0) is 12.9. The first-order chi connectivity index (χ1) is 7.96. The van der Waals surface area contributed by atoms with Crippen molar-refractivity contribution in [2.24, 2.45) is 4.99 Å². The number of carbonyl (C=O) groups excluding carboxylic acids is 1. The molecule has 0 aromatic heterocycles. The lowest BCUT2D eigenvalue weighted by Crippen LogP contribution is -2.17. The third-order valence-electron chi connectivity index (χ3n) is 1.73. The Morgan fingerprint density at radius 2 is 1.88 bits per heavy atom. The van der Waals surface area contributed by atoms with Crippen LogP contribution in [0, 0.1) is 11.3 Å². The minimum atomic E-state index is -4.77. The number of hydrogen-bond donors (Lipinski definition) is 0. The van der Waals surface area contributed by atoms with Gasteiger partial charge in [-0.1, -0.05) is 12.1 Å². The van der Waals surface area contributed by atoms with E-state index in [0.717, 1.165) is 12.1 Å². The van der Waals surface area contributed by atoms with Crippen molar-refractivity contribution in [3.8, 4) is 11.8 Å². The normalized spacial score (nSPS) is 12.1. The van der Waals surface area contributed by atoms with Gasteiger partial charge in [0.2, 0.25) is 6.08 Å². The van der Waals surface area contributed by atoms with E-state index in [-0.39, 0.29) is 5.56 Å². The molecular weight excluding hydrogens is 237 g/mol. The molecule has 0 heterocycles. The van der Waals surface area contributed by atoms with E-state index in [9.17, 15) is 18.0 Å². The molecule has 1 rings (SSSR count). The highest BCUT2D eigenvalue weighted by Gasteiger charge is 2.31. The monoisotopic (exact) mass is 242 g/mol. The molecule has 0 aliphatic rings. The van der Waals surface area contributed by atoms with Gasteiger partial charge in [-0.3, -0.25) is 0 Å². The molecule has 1 aromatic carbocycles. The molecule has 0 saturated carbocycles. The van der Waals surface area contributed by atoms with Crippen molar-refractivity contribution in [3.63, 3.8) is 0 Å². The van der Waals surface area contributed by atoms with Crippen molar-refractivity contribution in [2.75, 3.05) is 0 Å². The fraction of sp³-hybridized carbons (Fsp3) is 0.200. The second-order valence-corrected chi connectivity index (χ2v) is 2.87. The van der Waals surface area contributed by atoms with Gasteiger partial charge in [-0.05, 0) is 17.7 Å². The predicted molar refractivity (Wildman–Crippen MR) is 49.6 cm³/mol. The van der Waals surface area contributed by atoms with Crippen LogP contribution in [0.1, 0.15) is 11.6 Å². The minimum absolute atomic E-state index is 0.283. The summed E-state index contributed by atoms with van der Waals surface area (Å²) in [7, 11) is 0. The first-order valence-corrected chi connectivity index (χ1v) is 4.28. The third-order valence-corrected chi connectivity index (χ3v) is 1.73. The predicted octanol–water partition coefficient (Wildman–Crippen LogP) is 2.49. The number of benzene rings is 1. The van der Waals surface area contributed by atoms with Crippen molar-refractivity contribution in [1.29, 1.82) is 5.26 Å². The average molecular weight is 242 g/mol. The van der Waals surface area contributed by atoms with Gasteiger partial charge >= 0.3 is 6.36 Å². The summed E-state index contributed by atoms with van der Waals surface area (Å²) in [4.78, 5) is 13.2. The van der Waals surface area contributed by atoms with Crippen LogP contribution in [0.5, 0.6) is 5.75 Å². The van der Waals surface area contributed by atoms with Gasteiger partial charge < -0.3 is 4.74 Å². The second kappa shape index (κ2) is 5.14. The minimum Gasteiger partial charge on any atom is -0.406 e. The fourth-order valence-electron chi connectivity index (χ4n) is 1.08. The summed E-state index contributed by atoms with van der Waals surface area (Å²) in [6.07, 6.45) is -3.56. The molecule has 4 nitrogen and oxygen atoms in total. The van der Waals surface area contributed by atoms with E-state index >= 15 is 0 Å². The summed E-state index contributed by atoms with van der Waals surface area (Å²) < 4.78 is 39.2.